The van der Waals surface area contributed by atoms with Gasteiger partial charge in [-0.3, -0.25) is 9.69 Å². The van der Waals surface area contributed by atoms with Gasteiger partial charge in [0.2, 0.25) is 5.91 Å². The van der Waals surface area contributed by atoms with Gasteiger partial charge in [-0.15, -0.1) is 0 Å². The smallest absolute Gasteiger partial charge is 0.312 e. The Labute approximate surface area is 69.7 Å². The number of rotatable bonds is 1. The standard InChI is InChI=1S/C7H12F2N2O/c1-5-4-11(7(8)9)6(12)2-3-10-5/h5,7,10H,2-4H2,1H3. The van der Waals surface area contributed by atoms with Crippen LogP contribution in [0.1, 0.15) is 13.3 Å². The van der Waals surface area contributed by atoms with Crippen LogP contribution in [0.3, 0.4) is 0 Å². The van der Waals surface area contributed by atoms with Crippen molar-refractivity contribution < 1.29 is 13.6 Å². The molecule has 1 atom stereocenters. The molecule has 1 aliphatic heterocycles. The number of halogens is 2. The first-order valence-electron chi connectivity index (χ1n) is 3.92. The summed E-state index contributed by atoms with van der Waals surface area (Å²) in [5, 5.41) is 2.96. The molecule has 0 aromatic rings. The molecule has 12 heavy (non-hydrogen) atoms. The molecule has 1 rings (SSSR count). The number of carbonyl (C=O) groups is 1. The first kappa shape index (κ1) is 9.38. The summed E-state index contributed by atoms with van der Waals surface area (Å²) in [6.07, 6.45) is 0.161. The highest BCUT2D eigenvalue weighted by molar-refractivity contribution is 5.76. The number of nitrogens with one attached hydrogen (secondary N) is 1. The van der Waals surface area contributed by atoms with Gasteiger partial charge in [0.25, 0.3) is 0 Å². The summed E-state index contributed by atoms with van der Waals surface area (Å²) in [6, 6.07) is -0.0505. The molecule has 0 aliphatic carbocycles. The third-order valence-electron chi connectivity index (χ3n) is 1.86. The summed E-state index contributed by atoms with van der Waals surface area (Å²) in [4.78, 5) is 11.6. The van der Waals surface area contributed by atoms with E-state index < -0.39 is 12.5 Å². The van der Waals surface area contributed by atoms with Crippen LogP contribution in [0, 0.1) is 0 Å². The third kappa shape index (κ3) is 2.14. The minimum absolute atomic E-state index is 0.0505. The molecule has 1 fully saturated rings. The Morgan fingerprint density at radius 1 is 1.67 bits per heavy atom. The molecule has 0 aromatic heterocycles. The normalized spacial score (nSPS) is 26.2. The second-order valence-electron chi connectivity index (χ2n) is 2.93. The molecule has 1 heterocycles. The number of hydrogen-bond donors (Lipinski definition) is 1. The highest BCUT2D eigenvalue weighted by Gasteiger charge is 2.26. The first-order chi connectivity index (χ1) is 5.61. The van der Waals surface area contributed by atoms with Crippen LogP contribution in [-0.4, -0.2) is 36.5 Å². The molecule has 1 aliphatic rings. The molecule has 70 valence electrons. The molecular formula is C7H12F2N2O. The van der Waals surface area contributed by atoms with E-state index in [-0.39, 0.29) is 19.0 Å². The van der Waals surface area contributed by atoms with Gasteiger partial charge >= 0.3 is 6.55 Å². The molecule has 1 saturated heterocycles. The lowest BCUT2D eigenvalue weighted by Gasteiger charge is -2.21. The highest BCUT2D eigenvalue weighted by atomic mass is 19.3. The fraction of sp³-hybridized carbons (Fsp3) is 0.857. The summed E-state index contributed by atoms with van der Waals surface area (Å²) in [5.74, 6) is -0.471. The molecule has 0 spiro atoms. The fourth-order valence-corrected chi connectivity index (χ4v) is 1.22. The van der Waals surface area contributed by atoms with Crippen molar-refractivity contribution in [1.29, 1.82) is 0 Å². The number of alkyl halides is 2. The Morgan fingerprint density at radius 2 is 2.33 bits per heavy atom. The second-order valence-corrected chi connectivity index (χ2v) is 2.93. The summed E-state index contributed by atoms with van der Waals surface area (Å²) in [6.45, 7) is -0.298. The van der Waals surface area contributed by atoms with Crippen molar-refractivity contribution in [3.8, 4) is 0 Å². The molecule has 0 radical (unpaired) electrons. The average Bonchev–Trinajstić information content (AvgIpc) is 2.13. The zero-order valence-electron chi connectivity index (χ0n) is 6.89. The van der Waals surface area contributed by atoms with E-state index in [9.17, 15) is 13.6 Å². The molecule has 1 amide bonds. The van der Waals surface area contributed by atoms with Crippen LogP contribution < -0.4 is 5.32 Å². The Kier molecular flexibility index (Phi) is 2.97. The lowest BCUT2D eigenvalue weighted by Crippen LogP contribution is -2.40. The number of nitrogens with zero attached hydrogens (tertiary/aromatic N) is 1. The monoisotopic (exact) mass is 178 g/mol. The summed E-state index contributed by atoms with van der Waals surface area (Å²) in [5.41, 5.74) is 0. The molecule has 0 saturated carbocycles. The van der Waals surface area contributed by atoms with E-state index in [1.807, 2.05) is 0 Å². The van der Waals surface area contributed by atoms with Crippen molar-refractivity contribution >= 4 is 5.91 Å². The van der Waals surface area contributed by atoms with Crippen LogP contribution >= 0.6 is 0 Å². The Balaban J connectivity index is 2.61. The molecular weight excluding hydrogens is 166 g/mol. The Hall–Kier alpha value is -0.710. The first-order valence-corrected chi connectivity index (χ1v) is 3.92. The van der Waals surface area contributed by atoms with Crippen LogP contribution in [0.5, 0.6) is 0 Å². The zero-order chi connectivity index (χ0) is 9.14. The Bertz CT molecular complexity index is 175. The number of amides is 1. The third-order valence-corrected chi connectivity index (χ3v) is 1.86. The maximum Gasteiger partial charge on any atom is 0.317 e. The van der Waals surface area contributed by atoms with Gasteiger partial charge in [0.05, 0.1) is 0 Å². The second kappa shape index (κ2) is 3.80. The summed E-state index contributed by atoms with van der Waals surface area (Å²) >= 11 is 0. The van der Waals surface area contributed by atoms with Crippen LogP contribution in [0.2, 0.25) is 0 Å². The summed E-state index contributed by atoms with van der Waals surface area (Å²) in [7, 11) is 0. The van der Waals surface area contributed by atoms with Crippen LogP contribution in [-0.2, 0) is 4.79 Å². The van der Waals surface area contributed by atoms with Gasteiger partial charge in [0.15, 0.2) is 0 Å². The van der Waals surface area contributed by atoms with E-state index in [0.29, 0.717) is 11.4 Å². The van der Waals surface area contributed by atoms with Gasteiger partial charge in [-0.25, -0.2) is 0 Å². The van der Waals surface area contributed by atoms with Crippen molar-refractivity contribution in [3.05, 3.63) is 0 Å². The lowest BCUT2D eigenvalue weighted by atomic mass is 10.3. The zero-order valence-corrected chi connectivity index (χ0v) is 6.89. The van der Waals surface area contributed by atoms with Crippen molar-refractivity contribution in [2.45, 2.75) is 25.9 Å². The molecule has 0 bridgehead atoms. The van der Waals surface area contributed by atoms with Crippen molar-refractivity contribution in [2.75, 3.05) is 13.1 Å². The molecule has 1 N–H and O–H groups in total. The molecule has 1 unspecified atom stereocenters. The number of hydrogen-bond acceptors (Lipinski definition) is 2. The number of carbonyl (C=O) groups excluding carboxylic acids is 1. The minimum Gasteiger partial charge on any atom is -0.312 e. The predicted octanol–water partition coefficient (Wildman–Crippen LogP) is 0.419. The van der Waals surface area contributed by atoms with Crippen LogP contribution in [0.15, 0.2) is 0 Å². The SMILES string of the molecule is CC1CN(C(F)F)C(=O)CCN1. The van der Waals surface area contributed by atoms with E-state index in [0.717, 1.165) is 0 Å². The Morgan fingerprint density at radius 3 is 2.92 bits per heavy atom. The van der Waals surface area contributed by atoms with Gasteiger partial charge in [-0.2, -0.15) is 8.78 Å². The fourth-order valence-electron chi connectivity index (χ4n) is 1.22. The maximum atomic E-state index is 12.2. The van der Waals surface area contributed by atoms with E-state index in [1.165, 1.54) is 0 Å². The van der Waals surface area contributed by atoms with E-state index in [4.69, 9.17) is 0 Å². The minimum atomic E-state index is -2.67. The molecule has 3 nitrogen and oxygen atoms in total. The summed E-state index contributed by atoms with van der Waals surface area (Å²) < 4.78 is 24.4. The van der Waals surface area contributed by atoms with Crippen molar-refractivity contribution in [2.24, 2.45) is 0 Å². The molecule has 5 heteroatoms. The molecule has 0 aromatic carbocycles. The maximum absolute atomic E-state index is 12.2. The quantitative estimate of drug-likeness (QED) is 0.590. The van der Waals surface area contributed by atoms with Crippen molar-refractivity contribution in [1.82, 2.24) is 10.2 Å². The van der Waals surface area contributed by atoms with Gasteiger partial charge in [-0.1, -0.05) is 0 Å². The van der Waals surface area contributed by atoms with Crippen LogP contribution in [0.4, 0.5) is 8.78 Å². The van der Waals surface area contributed by atoms with Crippen LogP contribution in [0.25, 0.3) is 0 Å². The van der Waals surface area contributed by atoms with Gasteiger partial charge in [-0.05, 0) is 6.92 Å². The highest BCUT2D eigenvalue weighted by Crippen LogP contribution is 2.08. The predicted molar refractivity (Wildman–Crippen MR) is 39.8 cm³/mol. The average molecular weight is 178 g/mol. The van der Waals surface area contributed by atoms with Gasteiger partial charge in [0.1, 0.15) is 0 Å². The lowest BCUT2D eigenvalue weighted by molar-refractivity contribution is -0.144. The van der Waals surface area contributed by atoms with Gasteiger partial charge < -0.3 is 5.32 Å². The topological polar surface area (TPSA) is 32.3 Å². The van der Waals surface area contributed by atoms with Crippen molar-refractivity contribution in [3.63, 3.8) is 0 Å². The van der Waals surface area contributed by atoms with E-state index in [2.05, 4.69) is 5.32 Å². The van der Waals surface area contributed by atoms with E-state index >= 15 is 0 Å². The van der Waals surface area contributed by atoms with E-state index in [1.54, 1.807) is 6.92 Å². The largest absolute Gasteiger partial charge is 0.317 e. The van der Waals surface area contributed by atoms with Gasteiger partial charge in [0, 0.05) is 25.6 Å².